The van der Waals surface area contributed by atoms with Crippen LogP contribution in [-0.2, 0) is 4.79 Å². The highest BCUT2D eigenvalue weighted by Gasteiger charge is 2.31. The van der Waals surface area contributed by atoms with Crippen LogP contribution in [0.3, 0.4) is 0 Å². The van der Waals surface area contributed by atoms with E-state index < -0.39 is 0 Å². The maximum absolute atomic E-state index is 13.3. The van der Waals surface area contributed by atoms with Gasteiger partial charge in [0.25, 0.3) is 0 Å². The molecule has 1 amide bonds. The molecule has 2 unspecified atom stereocenters. The molecule has 2 fully saturated rings. The highest BCUT2D eigenvalue weighted by atomic mass is 16.3. The van der Waals surface area contributed by atoms with Gasteiger partial charge < -0.3 is 9.73 Å². The summed E-state index contributed by atoms with van der Waals surface area (Å²) in [7, 11) is 0. The van der Waals surface area contributed by atoms with Gasteiger partial charge in [0.15, 0.2) is 0 Å². The molecule has 0 aliphatic carbocycles. The second-order valence-corrected chi connectivity index (χ2v) is 7.93. The topological polar surface area (TPSA) is 48.7 Å². The van der Waals surface area contributed by atoms with Crippen LogP contribution in [0, 0.1) is 0 Å². The average Bonchev–Trinajstić information content (AvgIpc) is 3.45. The normalized spacial score (nSPS) is 20.7. The van der Waals surface area contributed by atoms with Gasteiger partial charge in [0.2, 0.25) is 5.91 Å². The zero-order valence-corrected chi connectivity index (χ0v) is 16.6. The van der Waals surface area contributed by atoms with Gasteiger partial charge >= 0.3 is 0 Å². The van der Waals surface area contributed by atoms with Gasteiger partial charge in [0, 0.05) is 6.54 Å². The van der Waals surface area contributed by atoms with E-state index in [4.69, 9.17) is 4.42 Å². The number of nitrogens with one attached hydrogen (secondary N) is 1. The Morgan fingerprint density at radius 2 is 1.57 bits per heavy atom. The number of nitrogens with zero attached hydrogens (tertiary/aromatic N) is 2. The minimum Gasteiger partial charge on any atom is -0.468 e. The Morgan fingerprint density at radius 3 is 2.25 bits per heavy atom. The Balaban J connectivity index is 1.48. The molecule has 0 bridgehead atoms. The molecule has 2 aliphatic heterocycles. The summed E-state index contributed by atoms with van der Waals surface area (Å²) >= 11 is 0. The molecule has 28 heavy (non-hydrogen) atoms. The minimum absolute atomic E-state index is 0.0988. The third-order valence-corrected chi connectivity index (χ3v) is 6.04. The zero-order chi connectivity index (χ0) is 19.2. The van der Waals surface area contributed by atoms with Crippen LogP contribution in [0.15, 0.2) is 53.1 Å². The molecule has 5 nitrogen and oxygen atoms in total. The number of furan rings is 1. The highest BCUT2D eigenvalue weighted by Crippen LogP contribution is 2.27. The minimum atomic E-state index is -0.206. The molecular formula is C23H31N3O2. The smallest absolute Gasteiger partial charge is 0.242 e. The molecule has 5 heteroatoms. The van der Waals surface area contributed by atoms with Gasteiger partial charge in [0.1, 0.15) is 11.8 Å². The second kappa shape index (κ2) is 9.39. The Kier molecular flexibility index (Phi) is 6.45. The van der Waals surface area contributed by atoms with Gasteiger partial charge in [-0.15, -0.1) is 0 Å². The van der Waals surface area contributed by atoms with Crippen molar-refractivity contribution in [2.75, 3.05) is 32.7 Å². The summed E-state index contributed by atoms with van der Waals surface area (Å²) in [6.45, 7) is 4.69. The van der Waals surface area contributed by atoms with Gasteiger partial charge in [0.05, 0.1) is 12.3 Å². The Hall–Kier alpha value is -2.11. The molecule has 2 aromatic rings. The molecular weight excluding hydrogens is 350 g/mol. The molecule has 1 N–H and O–H groups in total. The summed E-state index contributed by atoms with van der Waals surface area (Å²) in [5, 5.41) is 3.26. The van der Waals surface area contributed by atoms with Crippen molar-refractivity contribution in [1.82, 2.24) is 15.1 Å². The van der Waals surface area contributed by atoms with Crippen LogP contribution in [0.2, 0.25) is 0 Å². The number of carbonyl (C=O) groups excluding carboxylic acids is 1. The fraction of sp³-hybridized carbons (Fsp3) is 0.522. The Bertz CT molecular complexity index is 720. The number of hydrogen-bond donors (Lipinski definition) is 1. The van der Waals surface area contributed by atoms with Gasteiger partial charge in [-0.3, -0.25) is 14.6 Å². The predicted molar refractivity (Wildman–Crippen MR) is 110 cm³/mol. The number of piperidine rings is 1. The number of hydrogen-bond acceptors (Lipinski definition) is 4. The van der Waals surface area contributed by atoms with Crippen LogP contribution in [0.1, 0.15) is 55.5 Å². The van der Waals surface area contributed by atoms with Gasteiger partial charge in [-0.1, -0.05) is 36.8 Å². The first-order chi connectivity index (χ1) is 13.8. The first kappa shape index (κ1) is 19.2. The summed E-state index contributed by atoms with van der Waals surface area (Å²) < 4.78 is 5.72. The molecule has 0 saturated carbocycles. The number of amides is 1. The van der Waals surface area contributed by atoms with Crippen LogP contribution < -0.4 is 5.32 Å². The van der Waals surface area contributed by atoms with E-state index in [-0.39, 0.29) is 18.0 Å². The average molecular weight is 382 g/mol. The lowest BCUT2D eigenvalue weighted by Gasteiger charge is -2.34. The maximum atomic E-state index is 13.3. The van der Waals surface area contributed by atoms with Crippen molar-refractivity contribution in [2.24, 2.45) is 0 Å². The first-order valence-corrected chi connectivity index (χ1v) is 10.7. The third kappa shape index (κ3) is 4.47. The Morgan fingerprint density at radius 1 is 0.893 bits per heavy atom. The monoisotopic (exact) mass is 381 g/mol. The fourth-order valence-corrected chi connectivity index (χ4v) is 4.58. The standard InChI is InChI=1S/C23H31N3O2/c27-23(22(26-15-7-8-16-26)19-10-3-1-4-11-19)24-18-20(21-12-9-17-28-21)25-13-5-2-6-14-25/h1,3-4,9-12,17,20,22H,2,5-8,13-16,18H2,(H,24,27). The van der Waals surface area contributed by atoms with Crippen molar-refractivity contribution in [3.63, 3.8) is 0 Å². The molecule has 1 aromatic heterocycles. The molecule has 1 aromatic carbocycles. The summed E-state index contributed by atoms with van der Waals surface area (Å²) in [4.78, 5) is 18.1. The third-order valence-electron chi connectivity index (χ3n) is 6.04. The van der Waals surface area contributed by atoms with Crippen molar-refractivity contribution in [2.45, 2.75) is 44.2 Å². The van der Waals surface area contributed by atoms with Crippen LogP contribution >= 0.6 is 0 Å². The number of carbonyl (C=O) groups is 1. The molecule has 2 aliphatic rings. The van der Waals surface area contributed by atoms with E-state index in [1.807, 2.05) is 30.3 Å². The van der Waals surface area contributed by atoms with Crippen LogP contribution in [0.5, 0.6) is 0 Å². The fourth-order valence-electron chi connectivity index (χ4n) is 4.58. The van der Waals surface area contributed by atoms with Crippen LogP contribution in [0.25, 0.3) is 0 Å². The van der Waals surface area contributed by atoms with Crippen LogP contribution in [0.4, 0.5) is 0 Å². The van der Waals surface area contributed by atoms with Gasteiger partial charge in [-0.25, -0.2) is 0 Å². The molecule has 3 heterocycles. The van der Waals surface area contributed by atoms with E-state index >= 15 is 0 Å². The lowest BCUT2D eigenvalue weighted by molar-refractivity contribution is -0.126. The molecule has 2 saturated heterocycles. The van der Waals surface area contributed by atoms with E-state index in [0.29, 0.717) is 6.54 Å². The molecule has 2 atom stereocenters. The number of benzene rings is 1. The predicted octanol–water partition coefficient (Wildman–Crippen LogP) is 3.76. The molecule has 0 spiro atoms. The first-order valence-electron chi connectivity index (χ1n) is 10.7. The van der Waals surface area contributed by atoms with E-state index in [1.54, 1.807) is 6.26 Å². The summed E-state index contributed by atoms with van der Waals surface area (Å²) in [6.07, 6.45) is 7.78. The largest absolute Gasteiger partial charge is 0.468 e. The lowest BCUT2D eigenvalue weighted by Crippen LogP contribution is -2.44. The van der Waals surface area contributed by atoms with Gasteiger partial charge in [-0.2, -0.15) is 0 Å². The van der Waals surface area contributed by atoms with Crippen molar-refractivity contribution in [3.8, 4) is 0 Å². The lowest BCUT2D eigenvalue weighted by atomic mass is 10.0. The van der Waals surface area contributed by atoms with E-state index in [0.717, 1.165) is 37.5 Å². The molecule has 4 rings (SSSR count). The van der Waals surface area contributed by atoms with E-state index in [2.05, 4.69) is 27.2 Å². The Labute approximate surface area is 167 Å². The molecule has 0 radical (unpaired) electrons. The van der Waals surface area contributed by atoms with E-state index in [9.17, 15) is 4.79 Å². The second-order valence-electron chi connectivity index (χ2n) is 7.93. The van der Waals surface area contributed by atoms with Crippen molar-refractivity contribution in [1.29, 1.82) is 0 Å². The number of rotatable bonds is 7. The summed E-state index contributed by atoms with van der Waals surface area (Å²) in [5.74, 6) is 1.04. The molecule has 150 valence electrons. The van der Waals surface area contributed by atoms with E-state index in [1.165, 1.54) is 32.1 Å². The van der Waals surface area contributed by atoms with Crippen molar-refractivity contribution in [3.05, 3.63) is 60.1 Å². The summed E-state index contributed by atoms with van der Waals surface area (Å²) in [5.41, 5.74) is 1.08. The quantitative estimate of drug-likeness (QED) is 0.793. The van der Waals surface area contributed by atoms with Crippen LogP contribution in [-0.4, -0.2) is 48.4 Å². The highest BCUT2D eigenvalue weighted by molar-refractivity contribution is 5.83. The van der Waals surface area contributed by atoms with Gasteiger partial charge in [-0.05, 0) is 69.6 Å². The summed E-state index contributed by atoms with van der Waals surface area (Å²) in [6, 6.07) is 14.0. The van der Waals surface area contributed by atoms with Crippen molar-refractivity contribution < 1.29 is 9.21 Å². The number of likely N-dealkylation sites (tertiary alicyclic amines) is 2. The maximum Gasteiger partial charge on any atom is 0.242 e. The van der Waals surface area contributed by atoms with Crippen molar-refractivity contribution >= 4 is 5.91 Å². The zero-order valence-electron chi connectivity index (χ0n) is 16.6. The SMILES string of the molecule is O=C(NCC(c1ccco1)N1CCCCC1)C(c1ccccc1)N1CCCC1.